The van der Waals surface area contributed by atoms with Crippen molar-refractivity contribution in [2.45, 2.75) is 25.7 Å². The van der Waals surface area contributed by atoms with Crippen molar-refractivity contribution in [2.24, 2.45) is 5.92 Å². The van der Waals surface area contributed by atoms with E-state index in [1.807, 2.05) is 30.3 Å². The van der Waals surface area contributed by atoms with Gasteiger partial charge in [-0.25, -0.2) is 9.97 Å². The molecule has 0 unspecified atom stereocenters. The third-order valence-electron chi connectivity index (χ3n) is 3.82. The van der Waals surface area contributed by atoms with E-state index in [0.717, 1.165) is 23.8 Å². The Bertz CT molecular complexity index is 562. The molecule has 0 bridgehead atoms. The molecule has 1 aromatic heterocycles. The van der Waals surface area contributed by atoms with Gasteiger partial charge in [0.1, 0.15) is 11.6 Å². The van der Waals surface area contributed by atoms with Crippen LogP contribution in [0.3, 0.4) is 0 Å². The van der Waals surface area contributed by atoms with E-state index in [1.54, 1.807) is 6.07 Å². The number of hydrogen-bond acceptors (Lipinski definition) is 4. The molecule has 1 aromatic carbocycles. The van der Waals surface area contributed by atoms with Crippen LogP contribution in [0.15, 0.2) is 36.4 Å². The number of aromatic nitrogens is 2. The zero-order valence-electron chi connectivity index (χ0n) is 11.5. The average Bonchev–Trinajstić information content (AvgIpc) is 2.99. The number of nitrogens with one attached hydrogen (secondary N) is 1. The first-order valence-electron chi connectivity index (χ1n) is 7.25. The average molecular weight is 268 g/mol. The summed E-state index contributed by atoms with van der Waals surface area (Å²) in [5.74, 6) is 2.78. The molecule has 1 fully saturated rings. The van der Waals surface area contributed by atoms with Crippen LogP contribution in [0.4, 0.5) is 11.6 Å². The zero-order valence-corrected chi connectivity index (χ0v) is 11.5. The molecule has 0 amide bonds. The van der Waals surface area contributed by atoms with Crippen LogP contribution in [0.2, 0.25) is 0 Å². The smallest absolute Gasteiger partial charge is 0.163 e. The van der Waals surface area contributed by atoms with Crippen molar-refractivity contribution in [2.75, 3.05) is 17.6 Å². The molecule has 1 aliphatic rings. The normalized spacial score (nSPS) is 15.4. The molecule has 20 heavy (non-hydrogen) atoms. The van der Waals surface area contributed by atoms with E-state index in [0.29, 0.717) is 11.6 Å². The van der Waals surface area contributed by atoms with Gasteiger partial charge in [0, 0.05) is 18.2 Å². The summed E-state index contributed by atoms with van der Waals surface area (Å²) in [5.41, 5.74) is 6.88. The van der Waals surface area contributed by atoms with E-state index in [9.17, 15) is 0 Å². The van der Waals surface area contributed by atoms with Gasteiger partial charge in [-0.1, -0.05) is 43.2 Å². The van der Waals surface area contributed by atoms with E-state index in [2.05, 4.69) is 15.3 Å². The van der Waals surface area contributed by atoms with Crippen LogP contribution in [-0.4, -0.2) is 16.5 Å². The topological polar surface area (TPSA) is 63.8 Å². The Kier molecular flexibility index (Phi) is 3.81. The van der Waals surface area contributed by atoms with Crippen molar-refractivity contribution in [3.8, 4) is 11.4 Å². The lowest BCUT2D eigenvalue weighted by Gasteiger charge is -2.12. The highest BCUT2D eigenvalue weighted by atomic mass is 15.0. The largest absolute Gasteiger partial charge is 0.384 e. The number of benzene rings is 1. The second-order valence-corrected chi connectivity index (χ2v) is 5.40. The first-order valence-corrected chi connectivity index (χ1v) is 7.25. The molecular weight excluding hydrogens is 248 g/mol. The fourth-order valence-electron chi connectivity index (χ4n) is 2.74. The van der Waals surface area contributed by atoms with Gasteiger partial charge in [-0.05, 0) is 18.8 Å². The monoisotopic (exact) mass is 268 g/mol. The van der Waals surface area contributed by atoms with E-state index in [-0.39, 0.29) is 0 Å². The van der Waals surface area contributed by atoms with Crippen molar-refractivity contribution in [1.82, 2.24) is 9.97 Å². The molecule has 1 heterocycles. The maximum Gasteiger partial charge on any atom is 0.163 e. The Hall–Kier alpha value is -2.10. The SMILES string of the molecule is Nc1cc(NCC2CCCC2)nc(-c2ccccc2)n1. The Labute approximate surface area is 119 Å². The molecule has 2 aromatic rings. The molecule has 0 atom stereocenters. The van der Waals surface area contributed by atoms with E-state index >= 15 is 0 Å². The molecule has 4 nitrogen and oxygen atoms in total. The van der Waals surface area contributed by atoms with E-state index < -0.39 is 0 Å². The van der Waals surface area contributed by atoms with Gasteiger partial charge < -0.3 is 11.1 Å². The molecule has 4 heteroatoms. The molecule has 0 aliphatic heterocycles. The summed E-state index contributed by atoms with van der Waals surface area (Å²) in [6.45, 7) is 0.977. The first kappa shape index (κ1) is 12.9. The highest BCUT2D eigenvalue weighted by molar-refractivity contribution is 5.60. The van der Waals surface area contributed by atoms with Gasteiger partial charge in [-0.3, -0.25) is 0 Å². The summed E-state index contributed by atoms with van der Waals surface area (Å²) < 4.78 is 0. The van der Waals surface area contributed by atoms with Gasteiger partial charge in [0.2, 0.25) is 0 Å². The fourth-order valence-corrected chi connectivity index (χ4v) is 2.74. The van der Waals surface area contributed by atoms with Gasteiger partial charge >= 0.3 is 0 Å². The van der Waals surface area contributed by atoms with Crippen LogP contribution < -0.4 is 11.1 Å². The minimum absolute atomic E-state index is 0.507. The zero-order chi connectivity index (χ0) is 13.8. The molecule has 1 aliphatic carbocycles. The van der Waals surface area contributed by atoms with Crippen molar-refractivity contribution in [3.63, 3.8) is 0 Å². The van der Waals surface area contributed by atoms with Crippen LogP contribution in [0.25, 0.3) is 11.4 Å². The molecule has 3 N–H and O–H groups in total. The van der Waals surface area contributed by atoms with Crippen molar-refractivity contribution < 1.29 is 0 Å². The van der Waals surface area contributed by atoms with Gasteiger partial charge in [-0.15, -0.1) is 0 Å². The third kappa shape index (κ3) is 3.07. The summed E-state index contributed by atoms with van der Waals surface area (Å²) in [5, 5.41) is 3.41. The standard InChI is InChI=1S/C16H20N4/c17-14-10-15(18-11-12-6-4-5-7-12)20-16(19-14)13-8-2-1-3-9-13/h1-3,8-10,12H,4-7,11H2,(H3,17,18,19,20). The van der Waals surface area contributed by atoms with E-state index in [4.69, 9.17) is 5.73 Å². The van der Waals surface area contributed by atoms with Crippen LogP contribution in [0.5, 0.6) is 0 Å². The number of nitrogens with zero attached hydrogens (tertiary/aromatic N) is 2. The maximum absolute atomic E-state index is 5.89. The van der Waals surface area contributed by atoms with Crippen LogP contribution in [-0.2, 0) is 0 Å². The lowest BCUT2D eigenvalue weighted by atomic mass is 10.1. The second kappa shape index (κ2) is 5.90. The number of anilines is 2. The minimum Gasteiger partial charge on any atom is -0.384 e. The predicted molar refractivity (Wildman–Crippen MR) is 82.3 cm³/mol. The van der Waals surface area contributed by atoms with Crippen LogP contribution in [0.1, 0.15) is 25.7 Å². The van der Waals surface area contributed by atoms with Crippen molar-refractivity contribution in [3.05, 3.63) is 36.4 Å². The lowest BCUT2D eigenvalue weighted by molar-refractivity contribution is 0.579. The summed E-state index contributed by atoms with van der Waals surface area (Å²) >= 11 is 0. The quantitative estimate of drug-likeness (QED) is 0.892. The fraction of sp³-hybridized carbons (Fsp3) is 0.375. The molecule has 104 valence electrons. The Morgan fingerprint density at radius 1 is 1.10 bits per heavy atom. The van der Waals surface area contributed by atoms with Crippen molar-refractivity contribution in [1.29, 1.82) is 0 Å². The van der Waals surface area contributed by atoms with E-state index in [1.165, 1.54) is 25.7 Å². The Morgan fingerprint density at radius 2 is 1.85 bits per heavy atom. The number of hydrogen-bond donors (Lipinski definition) is 2. The maximum atomic E-state index is 5.89. The Morgan fingerprint density at radius 3 is 2.60 bits per heavy atom. The molecule has 0 saturated heterocycles. The predicted octanol–water partition coefficient (Wildman–Crippen LogP) is 3.33. The summed E-state index contributed by atoms with van der Waals surface area (Å²) in [6, 6.07) is 11.7. The number of nitrogens with two attached hydrogens (primary N) is 1. The van der Waals surface area contributed by atoms with Gasteiger partial charge in [0.25, 0.3) is 0 Å². The summed E-state index contributed by atoms with van der Waals surface area (Å²) in [7, 11) is 0. The van der Waals surface area contributed by atoms with Gasteiger partial charge in [-0.2, -0.15) is 0 Å². The Balaban J connectivity index is 1.76. The van der Waals surface area contributed by atoms with Crippen LogP contribution in [0, 0.1) is 5.92 Å². The number of rotatable bonds is 4. The highest BCUT2D eigenvalue weighted by Crippen LogP contribution is 2.25. The summed E-state index contributed by atoms with van der Waals surface area (Å²) in [6.07, 6.45) is 5.35. The third-order valence-corrected chi connectivity index (χ3v) is 3.82. The molecule has 1 saturated carbocycles. The first-order chi connectivity index (χ1) is 9.81. The minimum atomic E-state index is 0.507. The molecule has 0 spiro atoms. The number of nitrogen functional groups attached to an aromatic ring is 1. The van der Waals surface area contributed by atoms with Gasteiger partial charge in [0.15, 0.2) is 5.82 Å². The highest BCUT2D eigenvalue weighted by Gasteiger charge is 2.15. The molecule has 0 radical (unpaired) electrons. The lowest BCUT2D eigenvalue weighted by Crippen LogP contribution is -2.12. The second-order valence-electron chi connectivity index (χ2n) is 5.40. The van der Waals surface area contributed by atoms with Crippen molar-refractivity contribution >= 4 is 11.6 Å². The summed E-state index contributed by atoms with van der Waals surface area (Å²) in [4.78, 5) is 8.87. The van der Waals surface area contributed by atoms with Gasteiger partial charge in [0.05, 0.1) is 0 Å². The molecule has 3 rings (SSSR count). The molecular formula is C16H20N4. The van der Waals surface area contributed by atoms with Crippen LogP contribution >= 0.6 is 0 Å².